The van der Waals surface area contributed by atoms with Gasteiger partial charge in [0, 0.05) is 12.7 Å². The van der Waals surface area contributed by atoms with Gasteiger partial charge in [0.2, 0.25) is 0 Å². The van der Waals surface area contributed by atoms with Crippen LogP contribution < -0.4 is 11.1 Å². The summed E-state index contributed by atoms with van der Waals surface area (Å²) in [5.74, 6) is -0.300. The summed E-state index contributed by atoms with van der Waals surface area (Å²) >= 11 is 1.38. The third kappa shape index (κ3) is 4.75. The summed E-state index contributed by atoms with van der Waals surface area (Å²) in [5.41, 5.74) is 7.63. The summed E-state index contributed by atoms with van der Waals surface area (Å²) in [6.07, 6.45) is 2.51. The van der Waals surface area contributed by atoms with E-state index in [1.165, 1.54) is 11.3 Å². The fraction of sp³-hybridized carbons (Fsp3) is 0.471. The molecule has 6 nitrogen and oxygen atoms in total. The molecule has 1 amide bonds. The molecule has 24 heavy (non-hydrogen) atoms. The van der Waals surface area contributed by atoms with Crippen LogP contribution in [0.3, 0.4) is 0 Å². The lowest BCUT2D eigenvalue weighted by atomic mass is 10.1. The van der Waals surface area contributed by atoms with Crippen molar-refractivity contribution < 1.29 is 14.3 Å². The Morgan fingerprint density at radius 1 is 1.42 bits per heavy atom. The van der Waals surface area contributed by atoms with Crippen LogP contribution in [0.4, 0.5) is 0 Å². The van der Waals surface area contributed by atoms with E-state index >= 15 is 0 Å². The van der Waals surface area contributed by atoms with Crippen LogP contribution in [-0.4, -0.2) is 36.1 Å². The Labute approximate surface area is 145 Å². The van der Waals surface area contributed by atoms with Crippen molar-refractivity contribution in [1.29, 1.82) is 0 Å². The molecule has 0 bridgehead atoms. The first-order valence-electron chi connectivity index (χ1n) is 7.94. The highest BCUT2D eigenvalue weighted by Crippen LogP contribution is 2.26. The summed E-state index contributed by atoms with van der Waals surface area (Å²) in [4.78, 5) is 28.8. The minimum atomic E-state index is -0.865. The lowest BCUT2D eigenvalue weighted by Crippen LogP contribution is -2.43. The predicted molar refractivity (Wildman–Crippen MR) is 95.1 cm³/mol. The van der Waals surface area contributed by atoms with Gasteiger partial charge in [-0.1, -0.05) is 13.8 Å². The third-order valence-corrected chi connectivity index (χ3v) is 4.82. The van der Waals surface area contributed by atoms with E-state index in [0.29, 0.717) is 17.4 Å². The molecule has 130 valence electrons. The molecule has 2 aromatic heterocycles. The summed E-state index contributed by atoms with van der Waals surface area (Å²) in [5, 5.41) is 2.68. The number of nitrogens with one attached hydrogen (secondary N) is 1. The van der Waals surface area contributed by atoms with Gasteiger partial charge in [-0.3, -0.25) is 14.6 Å². The second-order valence-electron chi connectivity index (χ2n) is 6.12. The second kappa shape index (κ2) is 8.21. The standard InChI is InChI=1S/C17H23N3O3S/c1-10(2)5-7-23-17(22)12(18)9-20-16(21)14-8-13-15(24-14)11(3)4-6-19-13/h4,6,8,10,12H,5,7,9,18H2,1-3H3,(H,20,21)/t12-/m1/s1. The second-order valence-corrected chi connectivity index (χ2v) is 7.17. The number of amides is 1. The van der Waals surface area contributed by atoms with Gasteiger partial charge < -0.3 is 15.8 Å². The highest BCUT2D eigenvalue weighted by atomic mass is 32.1. The number of thiophene rings is 1. The zero-order chi connectivity index (χ0) is 17.7. The fourth-order valence-corrected chi connectivity index (χ4v) is 3.05. The van der Waals surface area contributed by atoms with E-state index in [9.17, 15) is 9.59 Å². The number of carbonyl (C=O) groups is 2. The van der Waals surface area contributed by atoms with Crippen LogP contribution in [0.25, 0.3) is 10.2 Å². The van der Waals surface area contributed by atoms with Gasteiger partial charge in [0.15, 0.2) is 0 Å². The van der Waals surface area contributed by atoms with Gasteiger partial charge in [-0.15, -0.1) is 11.3 Å². The van der Waals surface area contributed by atoms with E-state index in [0.717, 1.165) is 22.2 Å². The highest BCUT2D eigenvalue weighted by Gasteiger charge is 2.18. The molecule has 2 aromatic rings. The lowest BCUT2D eigenvalue weighted by Gasteiger charge is -2.12. The van der Waals surface area contributed by atoms with Gasteiger partial charge in [-0.25, -0.2) is 0 Å². The van der Waals surface area contributed by atoms with E-state index in [1.54, 1.807) is 12.3 Å². The topological polar surface area (TPSA) is 94.3 Å². The number of nitrogens with zero attached hydrogens (tertiary/aromatic N) is 1. The Kier molecular flexibility index (Phi) is 6.28. The van der Waals surface area contributed by atoms with Crippen molar-refractivity contribution in [3.63, 3.8) is 0 Å². The van der Waals surface area contributed by atoms with E-state index in [4.69, 9.17) is 10.5 Å². The number of aryl methyl sites for hydroxylation is 1. The van der Waals surface area contributed by atoms with Gasteiger partial charge in [-0.05, 0) is 37.0 Å². The molecule has 0 saturated heterocycles. The molecule has 1 atom stereocenters. The third-order valence-electron chi connectivity index (χ3n) is 3.56. The first-order chi connectivity index (χ1) is 11.4. The van der Waals surface area contributed by atoms with Gasteiger partial charge in [-0.2, -0.15) is 0 Å². The number of rotatable bonds is 7. The number of ether oxygens (including phenoxy) is 1. The van der Waals surface area contributed by atoms with Crippen molar-refractivity contribution in [2.24, 2.45) is 11.7 Å². The van der Waals surface area contributed by atoms with Gasteiger partial charge in [0.25, 0.3) is 5.91 Å². The van der Waals surface area contributed by atoms with Crippen molar-refractivity contribution in [2.45, 2.75) is 33.2 Å². The number of esters is 1. The fourth-order valence-electron chi connectivity index (χ4n) is 2.05. The Bertz CT molecular complexity index is 727. The van der Waals surface area contributed by atoms with Gasteiger partial charge in [0.05, 0.1) is 21.7 Å². The molecule has 0 spiro atoms. The van der Waals surface area contributed by atoms with Gasteiger partial charge >= 0.3 is 5.97 Å². The van der Waals surface area contributed by atoms with Crippen LogP contribution in [-0.2, 0) is 9.53 Å². The summed E-state index contributed by atoms with van der Waals surface area (Å²) in [6.45, 7) is 6.47. The molecule has 2 rings (SSSR count). The highest BCUT2D eigenvalue weighted by molar-refractivity contribution is 7.21. The molecule has 0 aliphatic heterocycles. The van der Waals surface area contributed by atoms with Crippen molar-refractivity contribution in [3.8, 4) is 0 Å². The minimum Gasteiger partial charge on any atom is -0.464 e. The molecule has 0 aliphatic carbocycles. The Hall–Kier alpha value is -1.99. The number of carbonyl (C=O) groups excluding carboxylic acids is 2. The van der Waals surface area contributed by atoms with Crippen molar-refractivity contribution in [3.05, 3.63) is 28.8 Å². The van der Waals surface area contributed by atoms with Crippen LogP contribution in [0.2, 0.25) is 0 Å². The molecule has 0 fully saturated rings. The first-order valence-corrected chi connectivity index (χ1v) is 8.75. The van der Waals surface area contributed by atoms with Crippen LogP contribution in [0.1, 0.15) is 35.5 Å². The summed E-state index contributed by atoms with van der Waals surface area (Å²) in [6, 6.07) is 2.79. The minimum absolute atomic E-state index is 0.0417. The number of pyridine rings is 1. The van der Waals surface area contributed by atoms with E-state index < -0.39 is 12.0 Å². The Balaban J connectivity index is 1.87. The molecule has 3 N–H and O–H groups in total. The Morgan fingerprint density at radius 2 is 2.17 bits per heavy atom. The molecular weight excluding hydrogens is 326 g/mol. The number of hydrogen-bond acceptors (Lipinski definition) is 6. The molecule has 0 aliphatic rings. The lowest BCUT2D eigenvalue weighted by molar-refractivity contribution is -0.145. The average Bonchev–Trinajstić information content (AvgIpc) is 2.97. The molecular formula is C17H23N3O3S. The largest absolute Gasteiger partial charge is 0.464 e. The number of hydrogen-bond donors (Lipinski definition) is 2. The van der Waals surface area contributed by atoms with Crippen LogP contribution in [0, 0.1) is 12.8 Å². The maximum atomic E-state index is 12.2. The smallest absolute Gasteiger partial charge is 0.324 e. The molecule has 0 unspecified atom stereocenters. The van der Waals surface area contributed by atoms with Crippen molar-refractivity contribution >= 4 is 33.4 Å². The van der Waals surface area contributed by atoms with Crippen molar-refractivity contribution in [1.82, 2.24) is 10.3 Å². The van der Waals surface area contributed by atoms with E-state index in [2.05, 4.69) is 24.1 Å². The molecule has 0 radical (unpaired) electrons. The number of fused-ring (bicyclic) bond motifs is 1. The maximum Gasteiger partial charge on any atom is 0.324 e. The number of aromatic nitrogens is 1. The van der Waals surface area contributed by atoms with Crippen LogP contribution in [0.5, 0.6) is 0 Å². The zero-order valence-corrected chi connectivity index (χ0v) is 15.0. The SMILES string of the molecule is Cc1ccnc2cc(C(=O)NC[C@@H](N)C(=O)OCCC(C)C)sc12. The molecule has 2 heterocycles. The molecule has 0 aromatic carbocycles. The maximum absolute atomic E-state index is 12.2. The monoisotopic (exact) mass is 349 g/mol. The first kappa shape index (κ1) is 18.4. The molecule has 7 heteroatoms. The Morgan fingerprint density at radius 3 is 2.83 bits per heavy atom. The average molecular weight is 349 g/mol. The molecule has 0 saturated carbocycles. The van der Waals surface area contributed by atoms with E-state index in [1.807, 2.05) is 13.0 Å². The number of nitrogens with two attached hydrogens (primary N) is 1. The van der Waals surface area contributed by atoms with Crippen molar-refractivity contribution in [2.75, 3.05) is 13.2 Å². The van der Waals surface area contributed by atoms with E-state index in [-0.39, 0.29) is 12.5 Å². The normalized spacial score (nSPS) is 12.4. The van der Waals surface area contributed by atoms with Crippen LogP contribution in [0.15, 0.2) is 18.3 Å². The summed E-state index contributed by atoms with van der Waals surface area (Å²) in [7, 11) is 0. The quantitative estimate of drug-likeness (QED) is 0.748. The zero-order valence-electron chi connectivity index (χ0n) is 14.2. The van der Waals surface area contributed by atoms with Crippen LogP contribution >= 0.6 is 11.3 Å². The summed E-state index contributed by atoms with van der Waals surface area (Å²) < 4.78 is 6.08. The van der Waals surface area contributed by atoms with Gasteiger partial charge in [0.1, 0.15) is 6.04 Å². The predicted octanol–water partition coefficient (Wildman–Crippen LogP) is 2.25.